The molecule has 2 fully saturated rings. The number of nitrogens with zero attached hydrogens (tertiary/aromatic N) is 2. The van der Waals surface area contributed by atoms with E-state index in [1.54, 1.807) is 0 Å². The third-order valence-corrected chi connectivity index (χ3v) is 5.96. The van der Waals surface area contributed by atoms with Gasteiger partial charge in [0.15, 0.2) is 0 Å². The molecule has 2 rings (SSSR count). The molecular weight excluding hydrogens is 232 g/mol. The summed E-state index contributed by atoms with van der Waals surface area (Å²) in [7, 11) is 0. The Morgan fingerprint density at radius 3 is 2.16 bits per heavy atom. The first-order valence-electron chi connectivity index (χ1n) is 8.37. The van der Waals surface area contributed by atoms with Gasteiger partial charge in [0, 0.05) is 19.1 Å². The zero-order chi connectivity index (χ0) is 14.0. The zero-order valence-corrected chi connectivity index (χ0v) is 13.8. The lowest BCUT2D eigenvalue weighted by molar-refractivity contribution is 0.0692. The summed E-state index contributed by atoms with van der Waals surface area (Å²) in [6, 6.07) is 0.732. The molecule has 2 heteroatoms. The summed E-state index contributed by atoms with van der Waals surface area (Å²) < 4.78 is 0. The smallest absolute Gasteiger partial charge is 0.00387 e. The second-order valence-corrected chi connectivity index (χ2v) is 7.85. The van der Waals surface area contributed by atoms with Crippen LogP contribution in [0.2, 0.25) is 0 Å². The average Bonchev–Trinajstić information content (AvgIpc) is 2.81. The van der Waals surface area contributed by atoms with Crippen LogP contribution in [0.3, 0.4) is 0 Å². The molecule has 0 aliphatic carbocycles. The molecule has 2 saturated heterocycles. The van der Waals surface area contributed by atoms with E-state index in [4.69, 9.17) is 0 Å². The van der Waals surface area contributed by atoms with Gasteiger partial charge in [0.1, 0.15) is 0 Å². The summed E-state index contributed by atoms with van der Waals surface area (Å²) in [4.78, 5) is 5.38. The molecule has 0 saturated carbocycles. The van der Waals surface area contributed by atoms with Crippen LogP contribution in [0.5, 0.6) is 0 Å². The third kappa shape index (κ3) is 3.72. The minimum atomic E-state index is 0.593. The van der Waals surface area contributed by atoms with E-state index in [9.17, 15) is 0 Å². The normalized spacial score (nSPS) is 29.5. The maximum absolute atomic E-state index is 2.73. The summed E-state index contributed by atoms with van der Waals surface area (Å²) in [5.74, 6) is 1.75. The first-order valence-corrected chi connectivity index (χ1v) is 8.37. The molecule has 1 unspecified atom stereocenters. The molecule has 19 heavy (non-hydrogen) atoms. The van der Waals surface area contributed by atoms with Crippen molar-refractivity contribution in [2.24, 2.45) is 17.3 Å². The number of hydrogen-bond acceptors (Lipinski definition) is 2. The quantitative estimate of drug-likeness (QED) is 0.769. The van der Waals surface area contributed by atoms with Crippen molar-refractivity contribution in [3.05, 3.63) is 0 Å². The number of rotatable bonds is 4. The molecule has 0 radical (unpaired) electrons. The standard InChI is InChI=1S/C17H34N2/c1-14(2)17(5)7-10-18(11-8-17)12-16-6-9-19(13-16)15(3)4/h14-16H,6-13H2,1-5H3. The zero-order valence-electron chi connectivity index (χ0n) is 13.8. The first-order chi connectivity index (χ1) is 8.90. The SMILES string of the molecule is CC(C)N1CCC(CN2CCC(C)(C(C)C)CC2)C1. The molecule has 2 nitrogen and oxygen atoms in total. The molecule has 0 spiro atoms. The van der Waals surface area contributed by atoms with Crippen LogP contribution in [0.4, 0.5) is 0 Å². The minimum Gasteiger partial charge on any atom is -0.303 e. The molecule has 2 aliphatic rings. The van der Waals surface area contributed by atoms with Crippen molar-refractivity contribution in [2.45, 2.75) is 59.9 Å². The Hall–Kier alpha value is -0.0800. The Morgan fingerprint density at radius 1 is 1.05 bits per heavy atom. The Balaban J connectivity index is 1.75. The fraction of sp³-hybridized carbons (Fsp3) is 1.00. The van der Waals surface area contributed by atoms with Crippen LogP contribution < -0.4 is 0 Å². The van der Waals surface area contributed by atoms with E-state index >= 15 is 0 Å². The van der Waals surface area contributed by atoms with Crippen molar-refractivity contribution in [3.8, 4) is 0 Å². The van der Waals surface area contributed by atoms with Gasteiger partial charge in [-0.05, 0) is 70.0 Å². The van der Waals surface area contributed by atoms with Crippen molar-refractivity contribution in [1.82, 2.24) is 9.80 Å². The van der Waals surface area contributed by atoms with Gasteiger partial charge in [-0.25, -0.2) is 0 Å². The van der Waals surface area contributed by atoms with Crippen molar-refractivity contribution >= 4 is 0 Å². The predicted octanol–water partition coefficient (Wildman–Crippen LogP) is 3.47. The van der Waals surface area contributed by atoms with Crippen molar-refractivity contribution in [1.29, 1.82) is 0 Å². The fourth-order valence-corrected chi connectivity index (χ4v) is 3.67. The maximum Gasteiger partial charge on any atom is 0.00387 e. The largest absolute Gasteiger partial charge is 0.303 e. The lowest BCUT2D eigenvalue weighted by Gasteiger charge is -2.43. The summed E-state index contributed by atoms with van der Waals surface area (Å²) in [5, 5.41) is 0. The van der Waals surface area contributed by atoms with Gasteiger partial charge >= 0.3 is 0 Å². The average molecular weight is 266 g/mol. The van der Waals surface area contributed by atoms with E-state index in [-0.39, 0.29) is 0 Å². The second kappa shape index (κ2) is 6.13. The Labute approximate surface area is 120 Å². The third-order valence-electron chi connectivity index (χ3n) is 5.96. The monoisotopic (exact) mass is 266 g/mol. The van der Waals surface area contributed by atoms with Gasteiger partial charge in [-0.2, -0.15) is 0 Å². The Bertz CT molecular complexity index is 277. The van der Waals surface area contributed by atoms with Crippen molar-refractivity contribution in [3.63, 3.8) is 0 Å². The summed E-state index contributed by atoms with van der Waals surface area (Å²) >= 11 is 0. The second-order valence-electron chi connectivity index (χ2n) is 7.85. The van der Waals surface area contributed by atoms with Crippen LogP contribution in [0.15, 0.2) is 0 Å². The van der Waals surface area contributed by atoms with E-state index < -0.39 is 0 Å². The molecule has 2 aliphatic heterocycles. The van der Waals surface area contributed by atoms with Crippen LogP contribution >= 0.6 is 0 Å². The predicted molar refractivity (Wildman–Crippen MR) is 83.4 cm³/mol. The summed E-state index contributed by atoms with van der Waals surface area (Å²) in [6.45, 7) is 18.6. The molecule has 0 aromatic rings. The van der Waals surface area contributed by atoms with E-state index in [2.05, 4.69) is 44.4 Å². The van der Waals surface area contributed by atoms with Gasteiger partial charge in [0.2, 0.25) is 0 Å². The van der Waals surface area contributed by atoms with E-state index in [1.807, 2.05) is 0 Å². The Kier molecular flexibility index (Phi) is 4.94. The molecule has 0 bridgehead atoms. The van der Waals surface area contributed by atoms with Crippen LogP contribution in [0.1, 0.15) is 53.9 Å². The number of piperidine rings is 1. The highest BCUT2D eigenvalue weighted by molar-refractivity contribution is 4.87. The molecule has 0 aromatic carbocycles. The van der Waals surface area contributed by atoms with Crippen molar-refractivity contribution < 1.29 is 0 Å². The van der Waals surface area contributed by atoms with E-state index in [0.717, 1.165) is 17.9 Å². The van der Waals surface area contributed by atoms with Crippen molar-refractivity contribution in [2.75, 3.05) is 32.7 Å². The van der Waals surface area contributed by atoms with Gasteiger partial charge in [0.25, 0.3) is 0 Å². The van der Waals surface area contributed by atoms with Gasteiger partial charge in [-0.3, -0.25) is 0 Å². The maximum atomic E-state index is 2.73. The molecule has 0 N–H and O–H groups in total. The molecule has 112 valence electrons. The van der Waals surface area contributed by atoms with Crippen LogP contribution in [-0.2, 0) is 0 Å². The number of likely N-dealkylation sites (tertiary alicyclic amines) is 2. The molecule has 0 aromatic heterocycles. The summed E-state index contributed by atoms with van der Waals surface area (Å²) in [6.07, 6.45) is 4.20. The van der Waals surface area contributed by atoms with Gasteiger partial charge < -0.3 is 9.80 Å². The molecule has 0 amide bonds. The molecule has 1 atom stereocenters. The highest BCUT2D eigenvalue weighted by atomic mass is 15.2. The van der Waals surface area contributed by atoms with Gasteiger partial charge in [-0.15, -0.1) is 0 Å². The topological polar surface area (TPSA) is 6.48 Å². The molecule has 2 heterocycles. The molecular formula is C17H34N2. The fourth-order valence-electron chi connectivity index (χ4n) is 3.67. The highest BCUT2D eigenvalue weighted by Gasteiger charge is 2.34. The lowest BCUT2D eigenvalue weighted by atomic mass is 9.72. The van der Waals surface area contributed by atoms with E-state index in [0.29, 0.717) is 5.41 Å². The van der Waals surface area contributed by atoms with Crippen LogP contribution in [0, 0.1) is 17.3 Å². The van der Waals surface area contributed by atoms with Crippen LogP contribution in [0.25, 0.3) is 0 Å². The first kappa shape index (κ1) is 15.3. The summed E-state index contributed by atoms with van der Waals surface area (Å²) in [5.41, 5.74) is 0.593. The minimum absolute atomic E-state index is 0.593. The number of hydrogen-bond donors (Lipinski definition) is 0. The van der Waals surface area contributed by atoms with E-state index in [1.165, 1.54) is 52.0 Å². The highest BCUT2D eigenvalue weighted by Crippen LogP contribution is 2.38. The van der Waals surface area contributed by atoms with Crippen LogP contribution in [-0.4, -0.2) is 48.6 Å². The van der Waals surface area contributed by atoms with Gasteiger partial charge in [-0.1, -0.05) is 20.8 Å². The lowest BCUT2D eigenvalue weighted by Crippen LogP contribution is -2.43. The Morgan fingerprint density at radius 2 is 1.68 bits per heavy atom. The van der Waals surface area contributed by atoms with Gasteiger partial charge in [0.05, 0.1) is 0 Å².